The van der Waals surface area contributed by atoms with Gasteiger partial charge in [0, 0.05) is 19.6 Å². The monoisotopic (exact) mass is 156 g/mol. The number of terminal acetylenes is 1. The second kappa shape index (κ2) is 6.17. The molecule has 0 aliphatic rings. The zero-order valence-corrected chi connectivity index (χ0v) is 7.13. The molecule has 0 bridgehead atoms. The molecule has 3 nitrogen and oxygen atoms in total. The molecule has 0 radical (unpaired) electrons. The first-order valence-electron chi connectivity index (χ1n) is 3.68. The zero-order valence-electron chi connectivity index (χ0n) is 7.13. The van der Waals surface area contributed by atoms with Crippen LogP contribution in [0, 0.1) is 12.3 Å². The summed E-state index contributed by atoms with van der Waals surface area (Å²) < 4.78 is 5.09. The number of nitrogens with one attached hydrogen (secondary N) is 1. The summed E-state index contributed by atoms with van der Waals surface area (Å²) in [6, 6.07) is 0.149. The van der Waals surface area contributed by atoms with E-state index < -0.39 is 0 Å². The Labute approximate surface area is 68.3 Å². The van der Waals surface area contributed by atoms with Crippen LogP contribution in [0.5, 0.6) is 0 Å². The van der Waals surface area contributed by atoms with Gasteiger partial charge >= 0.3 is 0 Å². The number of nitrogens with two attached hydrogens (primary N) is 1. The Bertz CT molecular complexity index is 131. The van der Waals surface area contributed by atoms with E-state index in [4.69, 9.17) is 17.0 Å². The molecule has 3 N–H and O–H groups in total. The van der Waals surface area contributed by atoms with Gasteiger partial charge in [-0.05, 0) is 13.3 Å². The van der Waals surface area contributed by atoms with Crippen LogP contribution in [0.15, 0.2) is 0 Å². The van der Waals surface area contributed by atoms with Crippen molar-refractivity contribution in [1.29, 1.82) is 0 Å². The molecule has 0 heterocycles. The van der Waals surface area contributed by atoms with Gasteiger partial charge < -0.3 is 4.74 Å². The molecule has 0 saturated carbocycles. The van der Waals surface area contributed by atoms with Crippen LogP contribution >= 0.6 is 0 Å². The van der Waals surface area contributed by atoms with Gasteiger partial charge in [-0.25, -0.2) is 0 Å². The molecule has 0 rings (SSSR count). The van der Waals surface area contributed by atoms with Crippen LogP contribution < -0.4 is 11.3 Å². The summed E-state index contributed by atoms with van der Waals surface area (Å²) in [6.07, 6.45) is 6.79. The van der Waals surface area contributed by atoms with Gasteiger partial charge in [0.2, 0.25) is 0 Å². The van der Waals surface area contributed by atoms with Crippen molar-refractivity contribution in [2.75, 3.05) is 7.11 Å². The maximum Gasteiger partial charge on any atom is 0.0709 e. The largest absolute Gasteiger partial charge is 0.380 e. The maximum atomic E-state index is 5.29. The van der Waals surface area contributed by atoms with E-state index in [9.17, 15) is 0 Å². The number of hydrazine groups is 1. The fourth-order valence-electron chi connectivity index (χ4n) is 0.857. The Morgan fingerprint density at radius 1 is 1.73 bits per heavy atom. The first kappa shape index (κ1) is 10.4. The number of ether oxygens (including phenoxy) is 1. The first-order chi connectivity index (χ1) is 5.26. The van der Waals surface area contributed by atoms with Crippen molar-refractivity contribution >= 4 is 0 Å². The van der Waals surface area contributed by atoms with Crippen LogP contribution in [-0.4, -0.2) is 19.3 Å². The van der Waals surface area contributed by atoms with E-state index in [-0.39, 0.29) is 12.1 Å². The van der Waals surface area contributed by atoms with E-state index in [2.05, 4.69) is 11.3 Å². The summed E-state index contributed by atoms with van der Waals surface area (Å²) >= 11 is 0. The topological polar surface area (TPSA) is 47.3 Å². The van der Waals surface area contributed by atoms with Gasteiger partial charge in [-0.1, -0.05) is 0 Å². The number of hydrogen-bond donors (Lipinski definition) is 2. The summed E-state index contributed by atoms with van der Waals surface area (Å²) in [6.45, 7) is 1.96. The van der Waals surface area contributed by atoms with E-state index in [1.165, 1.54) is 0 Å². The molecule has 0 saturated heterocycles. The highest BCUT2D eigenvalue weighted by Crippen LogP contribution is 2.03. The minimum absolute atomic E-state index is 0.105. The second-order valence-corrected chi connectivity index (χ2v) is 2.46. The number of hydrogen-bond acceptors (Lipinski definition) is 3. The third-order valence-corrected chi connectivity index (χ3v) is 1.75. The van der Waals surface area contributed by atoms with Gasteiger partial charge in [0.15, 0.2) is 0 Å². The fraction of sp³-hybridized carbons (Fsp3) is 0.750. The molecule has 3 heteroatoms. The lowest BCUT2D eigenvalue weighted by Gasteiger charge is -2.20. The normalized spacial score (nSPS) is 15.5. The second-order valence-electron chi connectivity index (χ2n) is 2.46. The molecule has 2 atom stereocenters. The molecule has 0 amide bonds. The molecule has 2 unspecified atom stereocenters. The van der Waals surface area contributed by atoms with Crippen LogP contribution in [-0.2, 0) is 4.74 Å². The van der Waals surface area contributed by atoms with E-state index in [1.54, 1.807) is 7.11 Å². The molecule has 0 aliphatic carbocycles. The maximum absolute atomic E-state index is 5.29. The minimum Gasteiger partial charge on any atom is -0.380 e. The molecular weight excluding hydrogens is 140 g/mol. The first-order valence-corrected chi connectivity index (χ1v) is 3.68. The third-order valence-electron chi connectivity index (χ3n) is 1.75. The van der Waals surface area contributed by atoms with Crippen LogP contribution in [0.3, 0.4) is 0 Å². The van der Waals surface area contributed by atoms with Crippen molar-refractivity contribution in [3.8, 4) is 12.3 Å². The van der Waals surface area contributed by atoms with Crippen molar-refractivity contribution in [3.63, 3.8) is 0 Å². The predicted octanol–water partition coefficient (Wildman–Crippen LogP) is 0.267. The Hall–Kier alpha value is -0.560. The highest BCUT2D eigenvalue weighted by Gasteiger charge is 2.13. The number of rotatable bonds is 5. The molecule has 0 aliphatic heterocycles. The Kier molecular flexibility index (Phi) is 5.86. The van der Waals surface area contributed by atoms with Gasteiger partial charge in [-0.15, -0.1) is 12.3 Å². The molecule has 0 aromatic carbocycles. The highest BCUT2D eigenvalue weighted by atomic mass is 16.5. The van der Waals surface area contributed by atoms with Crippen LogP contribution in [0.25, 0.3) is 0 Å². The quantitative estimate of drug-likeness (QED) is 0.341. The molecule has 0 aromatic heterocycles. The van der Waals surface area contributed by atoms with Crippen molar-refractivity contribution in [1.82, 2.24) is 5.43 Å². The van der Waals surface area contributed by atoms with Crippen LogP contribution in [0.4, 0.5) is 0 Å². The highest BCUT2D eigenvalue weighted by molar-refractivity contribution is 4.86. The van der Waals surface area contributed by atoms with E-state index >= 15 is 0 Å². The summed E-state index contributed by atoms with van der Waals surface area (Å²) in [5.74, 6) is 7.85. The summed E-state index contributed by atoms with van der Waals surface area (Å²) in [7, 11) is 1.66. The van der Waals surface area contributed by atoms with Crippen molar-refractivity contribution in [2.24, 2.45) is 5.84 Å². The van der Waals surface area contributed by atoms with Gasteiger partial charge in [0.1, 0.15) is 0 Å². The Morgan fingerprint density at radius 2 is 2.36 bits per heavy atom. The van der Waals surface area contributed by atoms with Crippen LogP contribution in [0.2, 0.25) is 0 Å². The fourth-order valence-corrected chi connectivity index (χ4v) is 0.857. The SMILES string of the molecule is C#CCCC(NN)C(C)OC. The van der Waals surface area contributed by atoms with Crippen molar-refractivity contribution in [2.45, 2.75) is 31.9 Å². The summed E-state index contributed by atoms with van der Waals surface area (Å²) in [5.41, 5.74) is 2.67. The Balaban J connectivity index is 3.67. The third kappa shape index (κ3) is 3.99. The Morgan fingerprint density at radius 3 is 2.73 bits per heavy atom. The minimum atomic E-state index is 0.105. The lowest BCUT2D eigenvalue weighted by Crippen LogP contribution is -2.43. The average molecular weight is 156 g/mol. The van der Waals surface area contributed by atoms with Gasteiger partial charge in [-0.3, -0.25) is 11.3 Å². The summed E-state index contributed by atoms with van der Waals surface area (Å²) in [5, 5.41) is 0. The molecule has 11 heavy (non-hydrogen) atoms. The predicted molar refractivity (Wildman–Crippen MR) is 45.6 cm³/mol. The van der Waals surface area contributed by atoms with Gasteiger partial charge in [0.05, 0.1) is 6.10 Å². The van der Waals surface area contributed by atoms with Gasteiger partial charge in [-0.2, -0.15) is 0 Å². The van der Waals surface area contributed by atoms with E-state index in [0.717, 1.165) is 12.8 Å². The lowest BCUT2D eigenvalue weighted by atomic mass is 10.1. The van der Waals surface area contributed by atoms with Crippen LogP contribution in [0.1, 0.15) is 19.8 Å². The average Bonchev–Trinajstić information content (AvgIpc) is 2.05. The summed E-state index contributed by atoms with van der Waals surface area (Å²) in [4.78, 5) is 0. The van der Waals surface area contributed by atoms with E-state index in [0.29, 0.717) is 0 Å². The molecule has 0 fully saturated rings. The standard InChI is InChI=1S/C8H16N2O/c1-4-5-6-8(10-9)7(2)11-3/h1,7-8,10H,5-6,9H2,2-3H3. The molecule has 0 aromatic rings. The van der Waals surface area contributed by atoms with Gasteiger partial charge in [0.25, 0.3) is 0 Å². The zero-order chi connectivity index (χ0) is 8.69. The van der Waals surface area contributed by atoms with Crippen molar-refractivity contribution in [3.05, 3.63) is 0 Å². The van der Waals surface area contributed by atoms with Crippen molar-refractivity contribution < 1.29 is 4.74 Å². The number of methoxy groups -OCH3 is 1. The van der Waals surface area contributed by atoms with E-state index in [1.807, 2.05) is 6.92 Å². The smallest absolute Gasteiger partial charge is 0.0709 e. The molecule has 64 valence electrons. The molecule has 0 spiro atoms. The molecular formula is C8H16N2O. The lowest BCUT2D eigenvalue weighted by molar-refractivity contribution is 0.0806.